The molecule has 0 atom stereocenters. The molecule has 0 radical (unpaired) electrons. The van der Waals surface area contributed by atoms with Crippen LogP contribution in [0.1, 0.15) is 36.6 Å². The van der Waals surface area contributed by atoms with Crippen LogP contribution in [0, 0.1) is 6.92 Å². The van der Waals surface area contributed by atoms with Crippen molar-refractivity contribution in [3.05, 3.63) is 89.0 Å². The molecular weight excluding hydrogens is 460 g/mol. The molecule has 0 spiro atoms. The summed E-state index contributed by atoms with van der Waals surface area (Å²) in [5.41, 5.74) is 1.49. The van der Waals surface area contributed by atoms with Crippen molar-refractivity contribution in [2.45, 2.75) is 11.8 Å². The van der Waals surface area contributed by atoms with E-state index < -0.39 is 27.9 Å². The van der Waals surface area contributed by atoms with E-state index in [1.807, 2.05) is 6.92 Å². The molecule has 3 aromatic rings. The Bertz CT molecular complexity index is 1320. The molecule has 0 unspecified atom stereocenters. The minimum absolute atomic E-state index is 0.0420. The van der Waals surface area contributed by atoms with E-state index in [4.69, 9.17) is 0 Å². The molecular formula is C24H22N2O7S. The van der Waals surface area contributed by atoms with Gasteiger partial charge in [-0.3, -0.25) is 9.52 Å². The number of hydrogen-bond donors (Lipinski definition) is 2. The fourth-order valence-corrected chi connectivity index (χ4v) is 4.08. The highest BCUT2D eigenvalue weighted by Crippen LogP contribution is 2.21. The van der Waals surface area contributed by atoms with Gasteiger partial charge >= 0.3 is 11.9 Å². The van der Waals surface area contributed by atoms with Crippen LogP contribution in [0.15, 0.2) is 71.6 Å². The standard InChI is InChI=1S/C24H22N2O7S/c1-15-7-9-21(10-8-15)34(30,31)26-19-6-4-5-16(12-19)22(27)25-20-13-17(23(28)32-2)11-18(14-20)24(29)33-3/h4-14,26H,1-3H3,(H,25,27). The number of carbonyl (C=O) groups excluding carboxylic acids is 3. The van der Waals surface area contributed by atoms with Gasteiger partial charge in [-0.05, 0) is 55.5 Å². The van der Waals surface area contributed by atoms with Crippen LogP contribution in [0.25, 0.3) is 0 Å². The van der Waals surface area contributed by atoms with Crippen LogP contribution in [-0.2, 0) is 19.5 Å². The third-order valence-electron chi connectivity index (χ3n) is 4.74. The predicted molar refractivity (Wildman–Crippen MR) is 126 cm³/mol. The highest BCUT2D eigenvalue weighted by Gasteiger charge is 2.17. The molecule has 1 amide bonds. The number of amides is 1. The van der Waals surface area contributed by atoms with Crippen molar-refractivity contribution >= 4 is 39.2 Å². The minimum Gasteiger partial charge on any atom is -0.465 e. The van der Waals surface area contributed by atoms with Crippen LogP contribution < -0.4 is 10.0 Å². The minimum atomic E-state index is -3.85. The Hall–Kier alpha value is -4.18. The van der Waals surface area contributed by atoms with Crippen LogP contribution >= 0.6 is 0 Å². The van der Waals surface area contributed by atoms with Crippen LogP contribution in [0.3, 0.4) is 0 Å². The first-order chi connectivity index (χ1) is 16.1. The number of esters is 2. The Kier molecular flexibility index (Phi) is 7.32. The predicted octanol–water partition coefficient (Wildman–Crippen LogP) is 3.62. The summed E-state index contributed by atoms with van der Waals surface area (Å²) in [5, 5.41) is 2.59. The monoisotopic (exact) mass is 482 g/mol. The van der Waals surface area contributed by atoms with Crippen molar-refractivity contribution in [1.82, 2.24) is 0 Å². The molecule has 0 aliphatic carbocycles. The van der Waals surface area contributed by atoms with Gasteiger partial charge in [0.15, 0.2) is 0 Å². The van der Waals surface area contributed by atoms with Crippen LogP contribution in [0.4, 0.5) is 11.4 Å². The van der Waals surface area contributed by atoms with Gasteiger partial charge in [-0.15, -0.1) is 0 Å². The molecule has 0 heterocycles. The number of rotatable bonds is 7. The molecule has 2 N–H and O–H groups in total. The van der Waals surface area contributed by atoms with Gasteiger partial charge in [0, 0.05) is 16.9 Å². The molecule has 3 aromatic carbocycles. The summed E-state index contributed by atoms with van der Waals surface area (Å²) in [6, 6.07) is 16.2. The van der Waals surface area contributed by atoms with Gasteiger partial charge in [0.2, 0.25) is 0 Å². The van der Waals surface area contributed by atoms with Crippen molar-refractivity contribution in [2.24, 2.45) is 0 Å². The molecule has 3 rings (SSSR count). The van der Waals surface area contributed by atoms with Crippen molar-refractivity contribution in [3.63, 3.8) is 0 Å². The number of benzene rings is 3. The van der Waals surface area contributed by atoms with Gasteiger partial charge in [0.1, 0.15) is 0 Å². The van der Waals surface area contributed by atoms with Crippen LogP contribution in [0.5, 0.6) is 0 Å². The Labute approximate surface area is 196 Å². The Balaban J connectivity index is 1.85. The summed E-state index contributed by atoms with van der Waals surface area (Å²) in [6.45, 7) is 1.85. The van der Waals surface area contributed by atoms with Crippen molar-refractivity contribution in [2.75, 3.05) is 24.3 Å². The van der Waals surface area contributed by atoms with Gasteiger partial charge < -0.3 is 14.8 Å². The third-order valence-corrected chi connectivity index (χ3v) is 6.14. The zero-order valence-electron chi connectivity index (χ0n) is 18.6. The maximum absolute atomic E-state index is 12.8. The summed E-state index contributed by atoms with van der Waals surface area (Å²) in [4.78, 5) is 36.8. The lowest BCUT2D eigenvalue weighted by Crippen LogP contribution is -2.16. The Morgan fingerprint density at radius 1 is 0.735 bits per heavy atom. The van der Waals surface area contributed by atoms with Gasteiger partial charge in [-0.25, -0.2) is 18.0 Å². The van der Waals surface area contributed by atoms with E-state index in [-0.39, 0.29) is 33.0 Å². The quantitative estimate of drug-likeness (QED) is 0.492. The lowest BCUT2D eigenvalue weighted by Gasteiger charge is -2.11. The first kappa shape index (κ1) is 24.5. The fourth-order valence-electron chi connectivity index (χ4n) is 3.03. The second-order valence-electron chi connectivity index (χ2n) is 7.24. The number of nitrogens with one attached hydrogen (secondary N) is 2. The first-order valence-corrected chi connectivity index (χ1v) is 11.4. The van der Waals surface area contributed by atoms with Crippen LogP contribution in [0.2, 0.25) is 0 Å². The molecule has 176 valence electrons. The third kappa shape index (κ3) is 5.78. The molecule has 0 saturated carbocycles. The molecule has 0 aliphatic rings. The maximum Gasteiger partial charge on any atom is 0.337 e. The summed E-state index contributed by atoms with van der Waals surface area (Å²) >= 11 is 0. The van der Waals surface area contributed by atoms with Crippen molar-refractivity contribution in [3.8, 4) is 0 Å². The summed E-state index contributed by atoms with van der Waals surface area (Å²) < 4.78 is 37.1. The molecule has 10 heteroatoms. The number of hydrogen-bond acceptors (Lipinski definition) is 7. The fraction of sp³-hybridized carbons (Fsp3) is 0.125. The second-order valence-corrected chi connectivity index (χ2v) is 8.92. The van der Waals surface area contributed by atoms with E-state index in [9.17, 15) is 22.8 Å². The zero-order chi connectivity index (χ0) is 24.9. The van der Waals surface area contributed by atoms with E-state index in [1.165, 1.54) is 68.8 Å². The molecule has 0 aliphatic heterocycles. The Morgan fingerprint density at radius 3 is 1.85 bits per heavy atom. The zero-order valence-corrected chi connectivity index (χ0v) is 19.4. The summed E-state index contributed by atoms with van der Waals surface area (Å²) in [6.07, 6.45) is 0. The number of methoxy groups -OCH3 is 2. The Morgan fingerprint density at radius 2 is 1.29 bits per heavy atom. The summed E-state index contributed by atoms with van der Waals surface area (Å²) in [7, 11) is -1.47. The van der Waals surface area contributed by atoms with E-state index in [0.717, 1.165) is 5.56 Å². The lowest BCUT2D eigenvalue weighted by molar-refractivity contribution is 0.0598. The van der Waals surface area contributed by atoms with Crippen LogP contribution in [-0.4, -0.2) is 40.5 Å². The van der Waals surface area contributed by atoms with E-state index in [0.29, 0.717) is 0 Å². The van der Waals surface area contributed by atoms with E-state index in [2.05, 4.69) is 19.5 Å². The molecule has 9 nitrogen and oxygen atoms in total. The molecule has 0 fully saturated rings. The highest BCUT2D eigenvalue weighted by molar-refractivity contribution is 7.92. The van der Waals surface area contributed by atoms with E-state index in [1.54, 1.807) is 12.1 Å². The van der Waals surface area contributed by atoms with Crippen molar-refractivity contribution in [1.29, 1.82) is 0 Å². The highest BCUT2D eigenvalue weighted by atomic mass is 32.2. The van der Waals surface area contributed by atoms with Gasteiger partial charge in [0.05, 0.1) is 30.2 Å². The number of aryl methyl sites for hydroxylation is 1. The van der Waals surface area contributed by atoms with Gasteiger partial charge in [-0.1, -0.05) is 23.8 Å². The maximum atomic E-state index is 12.8. The lowest BCUT2D eigenvalue weighted by atomic mass is 10.1. The number of sulfonamides is 1. The average molecular weight is 483 g/mol. The molecule has 34 heavy (non-hydrogen) atoms. The van der Waals surface area contributed by atoms with Crippen molar-refractivity contribution < 1.29 is 32.3 Å². The number of carbonyl (C=O) groups is 3. The SMILES string of the molecule is COC(=O)c1cc(NC(=O)c2cccc(NS(=O)(=O)c3ccc(C)cc3)c2)cc(C(=O)OC)c1. The largest absolute Gasteiger partial charge is 0.465 e. The number of anilines is 2. The number of ether oxygens (including phenoxy) is 2. The van der Waals surface area contributed by atoms with Gasteiger partial charge in [-0.2, -0.15) is 0 Å². The smallest absolute Gasteiger partial charge is 0.337 e. The molecule has 0 bridgehead atoms. The van der Waals surface area contributed by atoms with E-state index >= 15 is 0 Å². The second kappa shape index (κ2) is 10.2. The first-order valence-electron chi connectivity index (χ1n) is 9.95. The normalized spacial score (nSPS) is 10.8. The molecule has 0 saturated heterocycles. The molecule has 0 aromatic heterocycles. The average Bonchev–Trinajstić information content (AvgIpc) is 2.82. The topological polar surface area (TPSA) is 128 Å². The van der Waals surface area contributed by atoms with Gasteiger partial charge in [0.25, 0.3) is 15.9 Å². The summed E-state index contributed by atoms with van der Waals surface area (Å²) in [5.74, 6) is -1.99.